The Morgan fingerprint density at radius 1 is 0.964 bits per heavy atom. The van der Waals surface area contributed by atoms with Crippen molar-refractivity contribution in [3.05, 3.63) is 103 Å². The summed E-state index contributed by atoms with van der Waals surface area (Å²) >= 11 is 0. The highest BCUT2D eigenvalue weighted by Crippen LogP contribution is 2.28. The Morgan fingerprint density at radius 3 is 2.39 bits per heavy atom. The average Bonchev–Trinajstić information content (AvgIpc) is 3.13. The zero-order chi connectivity index (χ0) is 19.7. The van der Waals surface area contributed by atoms with Gasteiger partial charge in [-0.3, -0.25) is 0 Å². The Morgan fingerprint density at radius 2 is 1.68 bits per heavy atom. The Hall–Kier alpha value is -3.40. The fourth-order valence-corrected chi connectivity index (χ4v) is 3.47. The minimum Gasteiger partial charge on any atom is -0.376 e. The number of hydrogen-bond acceptors (Lipinski definition) is 2. The second kappa shape index (κ2) is 6.97. The van der Waals surface area contributed by atoms with Crippen LogP contribution in [0.1, 0.15) is 25.0 Å². The first-order valence-electron chi connectivity index (χ1n) is 9.21. The number of nitrogens with zero attached hydrogens (tertiary/aromatic N) is 2. The van der Waals surface area contributed by atoms with Crippen molar-refractivity contribution in [2.24, 2.45) is 0 Å². The predicted octanol–water partition coefficient (Wildman–Crippen LogP) is 5.66. The largest absolute Gasteiger partial charge is 0.376 e. The molecule has 28 heavy (non-hydrogen) atoms. The van der Waals surface area contributed by atoms with E-state index in [9.17, 15) is 4.39 Å². The summed E-state index contributed by atoms with van der Waals surface area (Å²) in [6.07, 6.45) is 1.83. The van der Waals surface area contributed by atoms with Crippen LogP contribution in [-0.4, -0.2) is 9.78 Å². The number of nitrogens with one attached hydrogen (secondary N) is 1. The van der Waals surface area contributed by atoms with Gasteiger partial charge < -0.3 is 5.32 Å². The molecule has 0 spiro atoms. The molecule has 1 N–H and O–H groups in total. The summed E-state index contributed by atoms with van der Waals surface area (Å²) in [5, 5.41) is 9.07. The van der Waals surface area contributed by atoms with Gasteiger partial charge in [0.1, 0.15) is 5.82 Å². The lowest BCUT2D eigenvalue weighted by Gasteiger charge is -2.29. The van der Waals surface area contributed by atoms with E-state index < -0.39 is 0 Å². The standard InChI is InChI=1S/C24H22FN3/c1-17(27-24(2,3)18-8-5-4-6-9-18)21-10-7-11-23-22(21)16-26-28(23)20-14-12-19(25)13-15-20/h4-16,27H,1H2,2-3H3. The molecule has 0 atom stereocenters. The average molecular weight is 371 g/mol. The van der Waals surface area contributed by atoms with Crippen LogP contribution in [0.15, 0.2) is 85.6 Å². The molecule has 140 valence electrons. The van der Waals surface area contributed by atoms with Crippen LogP contribution in [0.3, 0.4) is 0 Å². The van der Waals surface area contributed by atoms with Gasteiger partial charge in [0.2, 0.25) is 0 Å². The van der Waals surface area contributed by atoms with Gasteiger partial charge in [-0.1, -0.05) is 49.0 Å². The Bertz CT molecular complexity index is 1130. The molecule has 4 aromatic rings. The molecule has 0 unspecified atom stereocenters. The molecule has 0 saturated heterocycles. The number of benzene rings is 3. The van der Waals surface area contributed by atoms with Gasteiger partial charge in [-0.15, -0.1) is 0 Å². The van der Waals surface area contributed by atoms with E-state index in [-0.39, 0.29) is 11.4 Å². The SMILES string of the molecule is C=C(NC(C)(C)c1ccccc1)c1cccc2c1cnn2-c1ccc(F)cc1. The van der Waals surface area contributed by atoms with Crippen LogP contribution < -0.4 is 5.32 Å². The van der Waals surface area contributed by atoms with E-state index in [0.29, 0.717) is 0 Å². The zero-order valence-corrected chi connectivity index (χ0v) is 16.0. The minimum atomic E-state index is -0.270. The molecule has 1 aromatic heterocycles. The van der Waals surface area contributed by atoms with E-state index in [1.807, 2.05) is 47.3 Å². The molecule has 1 heterocycles. The Balaban J connectivity index is 1.70. The minimum absolute atomic E-state index is 0.262. The number of halogens is 1. The van der Waals surface area contributed by atoms with Crippen molar-refractivity contribution < 1.29 is 4.39 Å². The molecule has 0 aliphatic rings. The van der Waals surface area contributed by atoms with Crippen LogP contribution in [0.5, 0.6) is 0 Å². The van der Waals surface area contributed by atoms with E-state index in [4.69, 9.17) is 0 Å². The number of rotatable bonds is 5. The summed E-state index contributed by atoms with van der Waals surface area (Å²) in [5.41, 5.74) is 4.51. The molecule has 0 radical (unpaired) electrons. The molecule has 3 nitrogen and oxygen atoms in total. The van der Waals surface area contributed by atoms with Crippen molar-refractivity contribution in [1.82, 2.24) is 15.1 Å². The second-order valence-corrected chi connectivity index (χ2v) is 7.37. The highest BCUT2D eigenvalue weighted by atomic mass is 19.1. The molecule has 4 rings (SSSR count). The predicted molar refractivity (Wildman–Crippen MR) is 113 cm³/mol. The molecule has 0 bridgehead atoms. The second-order valence-electron chi connectivity index (χ2n) is 7.37. The lowest BCUT2D eigenvalue weighted by Crippen LogP contribution is -2.34. The van der Waals surface area contributed by atoms with Gasteiger partial charge in [-0.25, -0.2) is 9.07 Å². The van der Waals surface area contributed by atoms with Crippen molar-refractivity contribution in [2.45, 2.75) is 19.4 Å². The topological polar surface area (TPSA) is 29.9 Å². The van der Waals surface area contributed by atoms with E-state index in [1.165, 1.54) is 17.7 Å². The summed E-state index contributed by atoms with van der Waals surface area (Å²) in [6.45, 7) is 8.55. The highest BCUT2D eigenvalue weighted by molar-refractivity contribution is 5.91. The van der Waals surface area contributed by atoms with Crippen LogP contribution in [0.2, 0.25) is 0 Å². The molecule has 0 aliphatic heterocycles. The molecule has 4 heteroatoms. The van der Waals surface area contributed by atoms with E-state index in [1.54, 1.807) is 12.1 Å². The zero-order valence-electron chi connectivity index (χ0n) is 16.0. The van der Waals surface area contributed by atoms with Gasteiger partial charge in [-0.05, 0) is 49.7 Å². The number of fused-ring (bicyclic) bond motifs is 1. The molecule has 0 amide bonds. The third-order valence-electron chi connectivity index (χ3n) is 4.97. The van der Waals surface area contributed by atoms with Crippen LogP contribution in [0, 0.1) is 5.82 Å². The van der Waals surface area contributed by atoms with Crippen molar-refractivity contribution in [1.29, 1.82) is 0 Å². The van der Waals surface area contributed by atoms with Crippen LogP contribution in [-0.2, 0) is 5.54 Å². The fourth-order valence-electron chi connectivity index (χ4n) is 3.47. The van der Waals surface area contributed by atoms with Crippen molar-refractivity contribution in [2.75, 3.05) is 0 Å². The monoisotopic (exact) mass is 371 g/mol. The first-order valence-corrected chi connectivity index (χ1v) is 9.21. The maximum Gasteiger partial charge on any atom is 0.123 e. The molecular formula is C24H22FN3. The van der Waals surface area contributed by atoms with E-state index in [0.717, 1.165) is 27.9 Å². The summed E-state index contributed by atoms with van der Waals surface area (Å²) in [4.78, 5) is 0. The summed E-state index contributed by atoms with van der Waals surface area (Å²) in [7, 11) is 0. The molecular weight excluding hydrogens is 349 g/mol. The first-order chi connectivity index (χ1) is 13.5. The normalized spacial score (nSPS) is 11.5. The summed E-state index contributed by atoms with van der Waals surface area (Å²) in [5.74, 6) is -0.262. The Labute approximate surface area is 164 Å². The quantitative estimate of drug-likeness (QED) is 0.490. The van der Waals surface area contributed by atoms with Crippen molar-refractivity contribution in [3.8, 4) is 5.69 Å². The maximum absolute atomic E-state index is 13.3. The number of hydrogen-bond donors (Lipinski definition) is 1. The van der Waals surface area contributed by atoms with Gasteiger partial charge in [0.15, 0.2) is 0 Å². The van der Waals surface area contributed by atoms with Crippen molar-refractivity contribution in [3.63, 3.8) is 0 Å². The van der Waals surface area contributed by atoms with Crippen LogP contribution >= 0.6 is 0 Å². The first kappa shape index (κ1) is 18.0. The highest BCUT2D eigenvalue weighted by Gasteiger charge is 2.21. The molecule has 3 aromatic carbocycles. The lowest BCUT2D eigenvalue weighted by molar-refractivity contribution is 0.477. The van der Waals surface area contributed by atoms with Crippen LogP contribution in [0.25, 0.3) is 22.3 Å². The maximum atomic E-state index is 13.3. The third kappa shape index (κ3) is 3.29. The van der Waals surface area contributed by atoms with Gasteiger partial charge >= 0.3 is 0 Å². The smallest absolute Gasteiger partial charge is 0.123 e. The molecule has 0 fully saturated rings. The van der Waals surface area contributed by atoms with Gasteiger partial charge in [0.25, 0.3) is 0 Å². The Kier molecular flexibility index (Phi) is 4.47. The number of aromatic nitrogens is 2. The summed E-state index contributed by atoms with van der Waals surface area (Å²) < 4.78 is 15.1. The fraction of sp³-hybridized carbons (Fsp3) is 0.125. The lowest BCUT2D eigenvalue weighted by atomic mass is 9.93. The van der Waals surface area contributed by atoms with Gasteiger partial charge in [0, 0.05) is 16.6 Å². The van der Waals surface area contributed by atoms with E-state index >= 15 is 0 Å². The van der Waals surface area contributed by atoms with Gasteiger partial charge in [-0.2, -0.15) is 5.10 Å². The van der Waals surface area contributed by atoms with Crippen molar-refractivity contribution >= 4 is 16.6 Å². The molecule has 0 aliphatic carbocycles. The third-order valence-corrected chi connectivity index (χ3v) is 4.97. The van der Waals surface area contributed by atoms with E-state index in [2.05, 4.69) is 43.0 Å². The molecule has 0 saturated carbocycles. The summed E-state index contributed by atoms with van der Waals surface area (Å²) in [6, 6.07) is 22.6. The van der Waals surface area contributed by atoms with Crippen LogP contribution in [0.4, 0.5) is 4.39 Å². The van der Waals surface area contributed by atoms with Gasteiger partial charge in [0.05, 0.1) is 22.9 Å².